The lowest BCUT2D eigenvalue weighted by Gasteiger charge is -2.25. The molecule has 1 aliphatic heterocycles. The highest BCUT2D eigenvalue weighted by Crippen LogP contribution is 2.13. The van der Waals surface area contributed by atoms with Crippen LogP contribution in [0.4, 0.5) is 0 Å². The Bertz CT molecular complexity index is 687. The molecule has 1 fully saturated rings. The molecule has 0 amide bonds. The summed E-state index contributed by atoms with van der Waals surface area (Å²) in [7, 11) is -3.23. The first-order chi connectivity index (χ1) is 13.0. The summed E-state index contributed by atoms with van der Waals surface area (Å²) in [4.78, 5) is 4.38. The van der Waals surface area contributed by atoms with Gasteiger partial charge in [0.2, 0.25) is 10.0 Å². The number of rotatable bonds is 9. The minimum absolute atomic E-state index is 0.0358. The molecule has 7 nitrogen and oxygen atoms in total. The second kappa shape index (κ2) is 11.4. The minimum Gasteiger partial charge on any atom is -0.492 e. The van der Waals surface area contributed by atoms with Gasteiger partial charge in [0.1, 0.15) is 12.4 Å². The largest absolute Gasteiger partial charge is 0.492 e. The zero-order chi connectivity index (χ0) is 19.5. The Morgan fingerprint density at radius 3 is 2.59 bits per heavy atom. The number of hydrogen-bond acceptors (Lipinski definition) is 5. The van der Waals surface area contributed by atoms with E-state index in [1.807, 2.05) is 38.1 Å². The van der Waals surface area contributed by atoms with Crippen molar-refractivity contribution in [3.05, 3.63) is 29.8 Å². The van der Waals surface area contributed by atoms with E-state index in [2.05, 4.69) is 15.6 Å². The van der Waals surface area contributed by atoms with Gasteiger partial charge in [-0.15, -0.1) is 0 Å². The number of benzene rings is 1. The van der Waals surface area contributed by atoms with Gasteiger partial charge in [-0.25, -0.2) is 12.7 Å². The Morgan fingerprint density at radius 2 is 1.93 bits per heavy atom. The van der Waals surface area contributed by atoms with Crippen LogP contribution in [-0.2, 0) is 10.0 Å². The van der Waals surface area contributed by atoms with E-state index in [1.165, 1.54) is 5.56 Å². The van der Waals surface area contributed by atoms with Crippen LogP contribution < -0.4 is 15.4 Å². The van der Waals surface area contributed by atoms with Crippen LogP contribution in [0.2, 0.25) is 0 Å². The molecule has 0 aliphatic carbocycles. The van der Waals surface area contributed by atoms with Crippen molar-refractivity contribution in [2.75, 3.05) is 56.6 Å². The van der Waals surface area contributed by atoms with Crippen molar-refractivity contribution in [3.63, 3.8) is 0 Å². The molecule has 0 saturated carbocycles. The third kappa shape index (κ3) is 7.98. The van der Waals surface area contributed by atoms with Crippen LogP contribution in [0.15, 0.2) is 29.3 Å². The van der Waals surface area contributed by atoms with Gasteiger partial charge in [0.25, 0.3) is 0 Å². The monoisotopic (exact) mass is 414 g/mol. The molecule has 0 radical (unpaired) electrons. The summed E-state index contributed by atoms with van der Waals surface area (Å²) in [6, 6.07) is 7.91. The summed E-state index contributed by atoms with van der Waals surface area (Å²) in [5, 5.41) is 6.30. The first-order valence-electron chi connectivity index (χ1n) is 9.28. The van der Waals surface area contributed by atoms with Crippen molar-refractivity contribution >= 4 is 27.7 Å². The molecular weight excluding hydrogens is 384 g/mol. The lowest BCUT2D eigenvalue weighted by atomic mass is 10.2. The number of nitrogens with one attached hydrogen (secondary N) is 2. The molecule has 0 spiro atoms. The Hall–Kier alpha value is -1.45. The van der Waals surface area contributed by atoms with Crippen molar-refractivity contribution in [3.8, 4) is 5.75 Å². The molecule has 1 aromatic carbocycles. The molecule has 0 aromatic heterocycles. The van der Waals surface area contributed by atoms with Gasteiger partial charge in [0, 0.05) is 31.1 Å². The van der Waals surface area contributed by atoms with Crippen molar-refractivity contribution < 1.29 is 13.2 Å². The second-order valence-corrected chi connectivity index (χ2v) is 9.49. The standard InChI is InChI=1S/C18H30N4O3S2/c1-3-19-18(20-8-12-25-17-6-4-16(2)5-7-17)21-9-15-27(23,24)22-10-13-26-14-11-22/h4-7H,3,8-15H2,1-2H3,(H2,19,20,21). The van der Waals surface area contributed by atoms with Crippen molar-refractivity contribution in [2.45, 2.75) is 13.8 Å². The van der Waals surface area contributed by atoms with Crippen molar-refractivity contribution in [1.29, 1.82) is 0 Å². The normalized spacial score (nSPS) is 16.1. The Labute approximate surface area is 167 Å². The van der Waals surface area contributed by atoms with E-state index in [1.54, 1.807) is 16.1 Å². The number of ether oxygens (including phenoxy) is 1. The maximum Gasteiger partial charge on any atom is 0.215 e. The van der Waals surface area contributed by atoms with E-state index >= 15 is 0 Å². The second-order valence-electron chi connectivity index (χ2n) is 6.18. The molecular formula is C18H30N4O3S2. The molecule has 1 heterocycles. The third-order valence-corrected chi connectivity index (χ3v) is 6.80. The highest BCUT2D eigenvalue weighted by molar-refractivity contribution is 7.99. The topological polar surface area (TPSA) is 83.0 Å². The van der Waals surface area contributed by atoms with Gasteiger partial charge in [-0.05, 0) is 26.0 Å². The maximum absolute atomic E-state index is 12.4. The van der Waals surface area contributed by atoms with Crippen LogP contribution in [0.5, 0.6) is 5.75 Å². The molecule has 2 rings (SSSR count). The van der Waals surface area contributed by atoms with Crippen LogP contribution in [0.1, 0.15) is 12.5 Å². The smallest absolute Gasteiger partial charge is 0.215 e. The predicted molar refractivity (Wildman–Crippen MR) is 113 cm³/mol. The fourth-order valence-electron chi connectivity index (χ4n) is 2.54. The minimum atomic E-state index is -3.23. The lowest BCUT2D eigenvalue weighted by molar-refractivity contribution is 0.322. The summed E-state index contributed by atoms with van der Waals surface area (Å²) in [6.07, 6.45) is 0. The number of sulfonamides is 1. The molecule has 9 heteroatoms. The Kier molecular flexibility index (Phi) is 9.23. The first-order valence-corrected chi connectivity index (χ1v) is 12.0. The predicted octanol–water partition coefficient (Wildman–Crippen LogP) is 1.31. The number of aliphatic imine (C=N–C) groups is 1. The fraction of sp³-hybridized carbons (Fsp3) is 0.611. The number of thioether (sulfide) groups is 1. The molecule has 0 unspecified atom stereocenters. The summed E-state index contributed by atoms with van der Waals surface area (Å²) in [5.74, 6) is 3.21. The SMILES string of the molecule is CCNC(=NCCS(=O)(=O)N1CCSCC1)NCCOc1ccc(C)cc1. The van der Waals surface area contributed by atoms with E-state index in [0.717, 1.165) is 17.3 Å². The van der Waals surface area contributed by atoms with Gasteiger partial charge in [-0.2, -0.15) is 11.8 Å². The highest BCUT2D eigenvalue weighted by atomic mass is 32.2. The van der Waals surface area contributed by atoms with Crippen LogP contribution in [0, 0.1) is 6.92 Å². The van der Waals surface area contributed by atoms with Crippen LogP contribution in [0.3, 0.4) is 0 Å². The van der Waals surface area contributed by atoms with Crippen molar-refractivity contribution in [1.82, 2.24) is 14.9 Å². The van der Waals surface area contributed by atoms with Gasteiger partial charge in [0.15, 0.2) is 5.96 Å². The lowest BCUT2D eigenvalue weighted by Crippen LogP contribution is -2.41. The first kappa shape index (κ1) is 21.8. The van der Waals surface area contributed by atoms with E-state index in [4.69, 9.17) is 4.74 Å². The maximum atomic E-state index is 12.4. The van der Waals surface area contributed by atoms with Gasteiger partial charge >= 0.3 is 0 Å². The van der Waals surface area contributed by atoms with Crippen molar-refractivity contribution in [2.24, 2.45) is 4.99 Å². The van der Waals surface area contributed by atoms with Crippen LogP contribution >= 0.6 is 11.8 Å². The van der Waals surface area contributed by atoms with Gasteiger partial charge in [-0.1, -0.05) is 17.7 Å². The quantitative estimate of drug-likeness (QED) is 0.360. The molecule has 1 aromatic rings. The van der Waals surface area contributed by atoms with E-state index < -0.39 is 10.0 Å². The van der Waals surface area contributed by atoms with Gasteiger partial charge < -0.3 is 15.4 Å². The summed E-state index contributed by atoms with van der Waals surface area (Å²) >= 11 is 1.79. The molecule has 27 heavy (non-hydrogen) atoms. The number of hydrogen-bond donors (Lipinski definition) is 2. The zero-order valence-electron chi connectivity index (χ0n) is 16.1. The molecule has 0 atom stereocenters. The molecule has 2 N–H and O–H groups in total. The summed E-state index contributed by atoms with van der Waals surface area (Å²) < 4.78 is 32.0. The van der Waals surface area contributed by atoms with E-state index in [-0.39, 0.29) is 12.3 Å². The summed E-state index contributed by atoms with van der Waals surface area (Å²) in [6.45, 7) is 7.24. The van der Waals surface area contributed by atoms with Crippen LogP contribution in [0.25, 0.3) is 0 Å². The van der Waals surface area contributed by atoms with Gasteiger partial charge in [0.05, 0.1) is 18.8 Å². The number of aryl methyl sites for hydroxylation is 1. The zero-order valence-corrected chi connectivity index (χ0v) is 17.7. The molecule has 0 bridgehead atoms. The average Bonchev–Trinajstić information content (AvgIpc) is 2.67. The fourth-order valence-corrected chi connectivity index (χ4v) is 4.99. The van der Waals surface area contributed by atoms with E-state index in [0.29, 0.717) is 38.7 Å². The average molecular weight is 415 g/mol. The van der Waals surface area contributed by atoms with Gasteiger partial charge in [-0.3, -0.25) is 4.99 Å². The van der Waals surface area contributed by atoms with E-state index in [9.17, 15) is 8.42 Å². The highest BCUT2D eigenvalue weighted by Gasteiger charge is 2.23. The molecule has 1 aliphatic rings. The molecule has 1 saturated heterocycles. The van der Waals surface area contributed by atoms with Crippen LogP contribution in [-0.4, -0.2) is 75.3 Å². The summed E-state index contributed by atoms with van der Waals surface area (Å²) in [5.41, 5.74) is 1.19. The third-order valence-electron chi connectivity index (χ3n) is 4.01. The Morgan fingerprint density at radius 1 is 1.22 bits per heavy atom. The molecule has 152 valence electrons. The Balaban J connectivity index is 1.75. The number of guanidine groups is 1. The number of nitrogens with zero attached hydrogens (tertiary/aromatic N) is 2.